The molecule has 0 saturated heterocycles. The highest BCUT2D eigenvalue weighted by atomic mass is 19.4. The maximum atomic E-state index is 12.6. The van der Waals surface area contributed by atoms with E-state index in [0.29, 0.717) is 0 Å². The Labute approximate surface area is 91.5 Å². The van der Waals surface area contributed by atoms with Crippen LogP contribution in [0.3, 0.4) is 0 Å². The third-order valence-corrected chi connectivity index (χ3v) is 2.11. The van der Waals surface area contributed by atoms with Crippen LogP contribution in [-0.2, 0) is 6.18 Å². The van der Waals surface area contributed by atoms with Gasteiger partial charge in [-0.1, -0.05) is 0 Å². The topological polar surface area (TPSA) is 70.7 Å². The number of benzene rings is 1. The minimum atomic E-state index is -4.80. The predicted octanol–water partition coefficient (Wildman–Crippen LogP) is 2.22. The first-order chi connectivity index (χ1) is 7.79. The molecule has 0 spiro atoms. The van der Waals surface area contributed by atoms with Gasteiger partial charge in [-0.2, -0.15) is 13.2 Å². The Morgan fingerprint density at radius 2 is 1.76 bits per heavy atom. The number of fused-ring (bicyclic) bond motifs is 1. The number of phenols is 2. The highest BCUT2D eigenvalue weighted by Crippen LogP contribution is 2.39. The van der Waals surface area contributed by atoms with Crippen molar-refractivity contribution in [2.75, 3.05) is 0 Å². The number of phenolic OH excluding ortho intramolecular Hbond substituents is 2. The predicted molar refractivity (Wildman–Crippen MR) is 50.8 cm³/mol. The summed E-state index contributed by atoms with van der Waals surface area (Å²) in [6, 6.07) is 1.81. The fraction of sp³-hybridized carbons (Fsp3) is 0.100. The SMILES string of the molecule is O=c1cc(C(F)(F)F)c2c(O)cc(O)cc2o1. The zero-order valence-corrected chi connectivity index (χ0v) is 8.08. The monoisotopic (exact) mass is 246 g/mol. The fourth-order valence-corrected chi connectivity index (χ4v) is 1.49. The van der Waals surface area contributed by atoms with Crippen LogP contribution in [0.25, 0.3) is 11.0 Å². The fourth-order valence-electron chi connectivity index (χ4n) is 1.49. The Bertz CT molecular complexity index is 642. The lowest BCUT2D eigenvalue weighted by atomic mass is 10.1. The maximum absolute atomic E-state index is 12.6. The minimum absolute atomic E-state index is 0.249. The Morgan fingerprint density at radius 3 is 2.35 bits per heavy atom. The largest absolute Gasteiger partial charge is 0.508 e. The van der Waals surface area contributed by atoms with Crippen molar-refractivity contribution in [2.24, 2.45) is 0 Å². The van der Waals surface area contributed by atoms with Crippen molar-refractivity contribution in [3.05, 3.63) is 34.2 Å². The van der Waals surface area contributed by atoms with Crippen LogP contribution in [0.4, 0.5) is 13.2 Å². The Hall–Kier alpha value is -2.18. The molecule has 2 rings (SSSR count). The molecular weight excluding hydrogens is 241 g/mol. The molecule has 0 bridgehead atoms. The molecule has 1 aromatic heterocycles. The Balaban J connectivity index is 2.98. The van der Waals surface area contributed by atoms with E-state index in [1.807, 2.05) is 0 Å². The number of halogens is 3. The van der Waals surface area contributed by atoms with E-state index >= 15 is 0 Å². The van der Waals surface area contributed by atoms with Crippen LogP contribution in [0, 0.1) is 0 Å². The van der Waals surface area contributed by atoms with Gasteiger partial charge >= 0.3 is 11.8 Å². The summed E-state index contributed by atoms with van der Waals surface area (Å²) in [6.45, 7) is 0. The van der Waals surface area contributed by atoms with Crippen LogP contribution in [0.5, 0.6) is 11.5 Å². The van der Waals surface area contributed by atoms with E-state index in [2.05, 4.69) is 4.42 Å². The maximum Gasteiger partial charge on any atom is 0.417 e. The minimum Gasteiger partial charge on any atom is -0.508 e. The van der Waals surface area contributed by atoms with Crippen molar-refractivity contribution < 1.29 is 27.8 Å². The first kappa shape index (κ1) is 11.3. The van der Waals surface area contributed by atoms with Crippen LogP contribution >= 0.6 is 0 Å². The second-order valence-corrected chi connectivity index (χ2v) is 3.31. The number of aromatic hydroxyl groups is 2. The molecule has 4 nitrogen and oxygen atoms in total. The molecule has 0 radical (unpaired) electrons. The summed E-state index contributed by atoms with van der Waals surface area (Å²) in [6.07, 6.45) is -4.80. The Kier molecular flexibility index (Phi) is 2.27. The summed E-state index contributed by atoms with van der Waals surface area (Å²) in [5, 5.41) is 17.8. The van der Waals surface area contributed by atoms with Crippen LogP contribution in [0.1, 0.15) is 5.56 Å². The van der Waals surface area contributed by atoms with Crippen molar-refractivity contribution in [1.29, 1.82) is 0 Å². The summed E-state index contributed by atoms with van der Waals surface area (Å²) >= 11 is 0. The zero-order chi connectivity index (χ0) is 12.8. The molecule has 0 aliphatic carbocycles. The van der Waals surface area contributed by atoms with Crippen molar-refractivity contribution in [3.8, 4) is 11.5 Å². The van der Waals surface area contributed by atoms with Crippen LogP contribution < -0.4 is 5.63 Å². The van der Waals surface area contributed by atoms with Crippen LogP contribution in [0.15, 0.2) is 27.4 Å². The lowest BCUT2D eigenvalue weighted by molar-refractivity contribution is -0.136. The molecule has 0 fully saturated rings. The van der Waals surface area contributed by atoms with Gasteiger partial charge in [0.25, 0.3) is 0 Å². The zero-order valence-electron chi connectivity index (χ0n) is 8.08. The van der Waals surface area contributed by atoms with E-state index in [4.69, 9.17) is 5.11 Å². The van der Waals surface area contributed by atoms with E-state index in [0.717, 1.165) is 12.1 Å². The van der Waals surface area contributed by atoms with Crippen molar-refractivity contribution in [1.82, 2.24) is 0 Å². The summed E-state index contributed by atoms with van der Waals surface area (Å²) in [7, 11) is 0. The lowest BCUT2D eigenvalue weighted by Crippen LogP contribution is -2.11. The summed E-state index contributed by atoms with van der Waals surface area (Å²) in [4.78, 5) is 10.9. The van der Waals surface area contributed by atoms with E-state index in [1.165, 1.54) is 0 Å². The number of rotatable bonds is 0. The molecule has 7 heteroatoms. The van der Waals surface area contributed by atoms with Gasteiger partial charge in [0.05, 0.1) is 10.9 Å². The van der Waals surface area contributed by atoms with Crippen molar-refractivity contribution >= 4 is 11.0 Å². The molecular formula is C10H5F3O4. The molecule has 2 aromatic rings. The summed E-state index contributed by atoms with van der Waals surface area (Å²) in [5.74, 6) is -1.31. The van der Waals surface area contributed by atoms with Crippen molar-refractivity contribution in [3.63, 3.8) is 0 Å². The first-order valence-electron chi connectivity index (χ1n) is 4.36. The quantitative estimate of drug-likeness (QED) is 0.699. The standard InChI is InChI=1S/C10H5F3O4/c11-10(12,13)5-3-8(16)17-7-2-4(14)1-6(15)9(5)7/h1-3,14-15H. The van der Waals surface area contributed by atoms with Gasteiger partial charge in [0, 0.05) is 18.2 Å². The van der Waals surface area contributed by atoms with Gasteiger partial charge in [0.15, 0.2) is 0 Å². The molecule has 0 atom stereocenters. The van der Waals surface area contributed by atoms with Crippen LogP contribution in [-0.4, -0.2) is 10.2 Å². The van der Waals surface area contributed by atoms with Gasteiger partial charge in [0.2, 0.25) is 0 Å². The van der Waals surface area contributed by atoms with Gasteiger partial charge in [-0.15, -0.1) is 0 Å². The van der Waals surface area contributed by atoms with Gasteiger partial charge in [-0.05, 0) is 0 Å². The number of alkyl halides is 3. The first-order valence-corrected chi connectivity index (χ1v) is 4.36. The van der Waals surface area contributed by atoms with E-state index in [1.54, 1.807) is 0 Å². The molecule has 0 saturated carbocycles. The third kappa shape index (κ3) is 1.91. The number of hydrogen-bond donors (Lipinski definition) is 2. The second-order valence-electron chi connectivity index (χ2n) is 3.31. The molecule has 0 aliphatic rings. The third-order valence-electron chi connectivity index (χ3n) is 2.11. The smallest absolute Gasteiger partial charge is 0.417 e. The molecule has 1 aromatic carbocycles. The molecule has 1 heterocycles. The summed E-state index contributed by atoms with van der Waals surface area (Å²) in [5.41, 5.74) is -3.04. The normalized spacial score (nSPS) is 11.9. The molecule has 17 heavy (non-hydrogen) atoms. The second kappa shape index (κ2) is 3.41. The molecule has 0 aliphatic heterocycles. The van der Waals surface area contributed by atoms with Crippen molar-refractivity contribution in [2.45, 2.75) is 6.18 Å². The van der Waals surface area contributed by atoms with Gasteiger partial charge < -0.3 is 14.6 Å². The van der Waals surface area contributed by atoms with E-state index in [-0.39, 0.29) is 6.07 Å². The molecule has 90 valence electrons. The Morgan fingerprint density at radius 1 is 1.12 bits per heavy atom. The average Bonchev–Trinajstić information content (AvgIpc) is 2.13. The number of hydrogen-bond acceptors (Lipinski definition) is 4. The molecule has 0 amide bonds. The van der Waals surface area contributed by atoms with Crippen LogP contribution in [0.2, 0.25) is 0 Å². The summed E-state index contributed by atoms with van der Waals surface area (Å²) < 4.78 is 42.4. The molecule has 0 unspecified atom stereocenters. The highest BCUT2D eigenvalue weighted by Gasteiger charge is 2.35. The average molecular weight is 246 g/mol. The highest BCUT2D eigenvalue weighted by molar-refractivity contribution is 5.88. The van der Waals surface area contributed by atoms with Gasteiger partial charge in [-0.25, -0.2) is 4.79 Å². The van der Waals surface area contributed by atoms with Gasteiger partial charge in [0.1, 0.15) is 17.1 Å². The lowest BCUT2D eigenvalue weighted by Gasteiger charge is -2.10. The van der Waals surface area contributed by atoms with E-state index in [9.17, 15) is 23.1 Å². The van der Waals surface area contributed by atoms with E-state index < -0.39 is 39.8 Å². The molecule has 2 N–H and O–H groups in total. The van der Waals surface area contributed by atoms with Gasteiger partial charge in [-0.3, -0.25) is 0 Å².